The molecule has 30 heavy (non-hydrogen) atoms. The first-order chi connectivity index (χ1) is 14.5. The third kappa shape index (κ3) is 5.27. The maximum atomic E-state index is 12.6. The van der Waals surface area contributed by atoms with Crippen LogP contribution in [0.1, 0.15) is 22.8 Å². The first kappa shape index (κ1) is 21.6. The van der Waals surface area contributed by atoms with E-state index in [4.69, 9.17) is 4.74 Å². The first-order valence-electron chi connectivity index (χ1n) is 10.2. The Kier molecular flexibility index (Phi) is 7.24. The van der Waals surface area contributed by atoms with Crippen LogP contribution in [0.25, 0.3) is 0 Å². The monoisotopic (exact) mass is 412 g/mol. The molecule has 160 valence electrons. The Hall–Kier alpha value is -3.13. The summed E-state index contributed by atoms with van der Waals surface area (Å²) in [4.78, 5) is 27.7. The Labute approximate surface area is 176 Å². The molecular weight excluding hydrogens is 384 g/mol. The van der Waals surface area contributed by atoms with E-state index in [0.717, 1.165) is 12.2 Å². The molecule has 8 nitrogen and oxygen atoms in total. The molecule has 0 aliphatic carbocycles. The SMILES string of the molecule is CCN(CCNc1ccc(C(=O)N2CCOCC2)cc1[N+](=O)[O-])c1cccc(C)c1. The first-order valence-corrected chi connectivity index (χ1v) is 10.2. The van der Waals surface area contributed by atoms with Gasteiger partial charge in [0, 0.05) is 50.0 Å². The summed E-state index contributed by atoms with van der Waals surface area (Å²) < 4.78 is 5.26. The van der Waals surface area contributed by atoms with Gasteiger partial charge in [0.05, 0.1) is 18.1 Å². The standard InChI is InChI=1S/C22H28N4O4/c1-3-24(19-6-4-5-17(2)15-19)10-9-23-20-8-7-18(16-21(20)26(28)29)22(27)25-11-13-30-14-12-25/h4-8,15-16,23H,3,9-14H2,1-2H3. The molecule has 1 saturated heterocycles. The van der Waals surface area contributed by atoms with E-state index < -0.39 is 4.92 Å². The van der Waals surface area contributed by atoms with Crippen molar-refractivity contribution in [3.63, 3.8) is 0 Å². The predicted molar refractivity (Wildman–Crippen MR) is 117 cm³/mol. The van der Waals surface area contributed by atoms with Crippen molar-refractivity contribution in [3.8, 4) is 0 Å². The molecular formula is C22H28N4O4. The number of likely N-dealkylation sites (N-methyl/N-ethyl adjacent to an activating group) is 1. The summed E-state index contributed by atoms with van der Waals surface area (Å²) in [6.45, 7) is 8.18. The van der Waals surface area contributed by atoms with Crippen LogP contribution < -0.4 is 10.2 Å². The van der Waals surface area contributed by atoms with Gasteiger partial charge in [-0.2, -0.15) is 0 Å². The van der Waals surface area contributed by atoms with Gasteiger partial charge >= 0.3 is 0 Å². The molecule has 0 unspecified atom stereocenters. The van der Waals surface area contributed by atoms with E-state index in [1.165, 1.54) is 11.6 Å². The number of morpholine rings is 1. The topological polar surface area (TPSA) is 88.0 Å². The Balaban J connectivity index is 1.68. The summed E-state index contributed by atoms with van der Waals surface area (Å²) in [5.74, 6) is -0.204. The second-order valence-corrected chi connectivity index (χ2v) is 7.24. The van der Waals surface area contributed by atoms with Gasteiger partial charge in [-0.05, 0) is 43.7 Å². The van der Waals surface area contributed by atoms with Crippen LogP contribution in [0, 0.1) is 17.0 Å². The smallest absolute Gasteiger partial charge is 0.293 e. The number of rotatable bonds is 8. The number of nitro benzene ring substituents is 1. The van der Waals surface area contributed by atoms with Gasteiger partial charge in [0.25, 0.3) is 11.6 Å². The number of nitrogens with one attached hydrogen (secondary N) is 1. The number of nitro groups is 1. The molecule has 2 aromatic rings. The van der Waals surface area contributed by atoms with Crippen molar-refractivity contribution in [2.75, 3.05) is 56.2 Å². The summed E-state index contributed by atoms with van der Waals surface area (Å²) in [6.07, 6.45) is 0. The van der Waals surface area contributed by atoms with E-state index in [1.807, 2.05) is 6.07 Å². The molecule has 0 aromatic heterocycles. The molecule has 1 fully saturated rings. The Morgan fingerprint density at radius 3 is 2.67 bits per heavy atom. The van der Waals surface area contributed by atoms with Crippen molar-refractivity contribution in [1.82, 2.24) is 4.90 Å². The minimum absolute atomic E-state index is 0.0901. The van der Waals surface area contributed by atoms with E-state index in [2.05, 4.69) is 42.3 Å². The number of amides is 1. The zero-order valence-corrected chi connectivity index (χ0v) is 17.5. The zero-order chi connectivity index (χ0) is 21.5. The van der Waals surface area contributed by atoms with Gasteiger partial charge in [0.15, 0.2) is 0 Å². The van der Waals surface area contributed by atoms with Gasteiger partial charge in [-0.15, -0.1) is 0 Å². The maximum absolute atomic E-state index is 12.6. The molecule has 2 aromatic carbocycles. The molecule has 3 rings (SSSR count). The van der Waals surface area contributed by atoms with Crippen molar-refractivity contribution < 1.29 is 14.5 Å². The molecule has 8 heteroatoms. The van der Waals surface area contributed by atoms with Crippen LogP contribution >= 0.6 is 0 Å². The molecule has 0 spiro atoms. The van der Waals surface area contributed by atoms with Crippen LogP contribution in [0.2, 0.25) is 0 Å². The number of hydrogen-bond acceptors (Lipinski definition) is 6. The summed E-state index contributed by atoms with van der Waals surface area (Å²) in [5, 5.41) is 14.8. The third-order valence-corrected chi connectivity index (χ3v) is 5.19. The molecule has 0 atom stereocenters. The third-order valence-electron chi connectivity index (χ3n) is 5.19. The Bertz CT molecular complexity index is 896. The van der Waals surface area contributed by atoms with Crippen molar-refractivity contribution >= 4 is 23.0 Å². The average molecular weight is 412 g/mol. The molecule has 0 saturated carbocycles. The van der Waals surface area contributed by atoms with Crippen LogP contribution in [-0.4, -0.2) is 61.7 Å². The number of benzene rings is 2. The van der Waals surface area contributed by atoms with Gasteiger partial charge in [-0.1, -0.05) is 12.1 Å². The molecule has 1 heterocycles. The van der Waals surface area contributed by atoms with Crippen molar-refractivity contribution in [3.05, 3.63) is 63.7 Å². The van der Waals surface area contributed by atoms with Crippen LogP contribution in [0.5, 0.6) is 0 Å². The lowest BCUT2D eigenvalue weighted by Crippen LogP contribution is -2.40. The van der Waals surface area contributed by atoms with Crippen molar-refractivity contribution in [1.29, 1.82) is 0 Å². The van der Waals surface area contributed by atoms with Gasteiger partial charge in [0.1, 0.15) is 5.69 Å². The normalized spacial score (nSPS) is 13.7. The summed E-state index contributed by atoms with van der Waals surface area (Å²) in [7, 11) is 0. The van der Waals surface area contributed by atoms with Gasteiger partial charge in [0.2, 0.25) is 0 Å². The molecule has 1 aliphatic heterocycles. The number of carbonyl (C=O) groups excluding carboxylic acids is 1. The van der Waals surface area contributed by atoms with Crippen LogP contribution in [0.4, 0.5) is 17.1 Å². The van der Waals surface area contributed by atoms with E-state index in [1.54, 1.807) is 17.0 Å². The average Bonchev–Trinajstić information content (AvgIpc) is 2.76. The van der Waals surface area contributed by atoms with E-state index >= 15 is 0 Å². The second-order valence-electron chi connectivity index (χ2n) is 7.24. The molecule has 1 N–H and O–H groups in total. The minimum atomic E-state index is -0.448. The van der Waals surface area contributed by atoms with E-state index in [0.29, 0.717) is 50.6 Å². The molecule has 0 bridgehead atoms. The summed E-state index contributed by atoms with van der Waals surface area (Å²) in [6, 6.07) is 12.9. The lowest BCUT2D eigenvalue weighted by Gasteiger charge is -2.27. The van der Waals surface area contributed by atoms with Crippen molar-refractivity contribution in [2.24, 2.45) is 0 Å². The van der Waals surface area contributed by atoms with Crippen LogP contribution in [0.3, 0.4) is 0 Å². The fraction of sp³-hybridized carbons (Fsp3) is 0.409. The number of ether oxygens (including phenoxy) is 1. The lowest BCUT2D eigenvalue weighted by atomic mass is 10.1. The van der Waals surface area contributed by atoms with Crippen LogP contribution in [0.15, 0.2) is 42.5 Å². The number of aryl methyl sites for hydroxylation is 1. The molecule has 1 aliphatic rings. The zero-order valence-electron chi connectivity index (χ0n) is 17.5. The fourth-order valence-electron chi connectivity index (χ4n) is 3.53. The highest BCUT2D eigenvalue weighted by Crippen LogP contribution is 2.26. The van der Waals surface area contributed by atoms with E-state index in [9.17, 15) is 14.9 Å². The lowest BCUT2D eigenvalue weighted by molar-refractivity contribution is -0.384. The van der Waals surface area contributed by atoms with Gasteiger partial charge < -0.3 is 19.9 Å². The van der Waals surface area contributed by atoms with Gasteiger partial charge in [-0.3, -0.25) is 14.9 Å². The van der Waals surface area contributed by atoms with Crippen LogP contribution in [-0.2, 0) is 4.74 Å². The van der Waals surface area contributed by atoms with Crippen molar-refractivity contribution in [2.45, 2.75) is 13.8 Å². The number of carbonyl (C=O) groups is 1. The maximum Gasteiger partial charge on any atom is 0.293 e. The Morgan fingerprint density at radius 1 is 1.23 bits per heavy atom. The fourth-order valence-corrected chi connectivity index (χ4v) is 3.53. The van der Waals surface area contributed by atoms with Gasteiger partial charge in [-0.25, -0.2) is 0 Å². The summed E-state index contributed by atoms with van der Waals surface area (Å²) >= 11 is 0. The number of anilines is 2. The quantitative estimate of drug-likeness (QED) is 0.529. The largest absolute Gasteiger partial charge is 0.378 e. The predicted octanol–water partition coefficient (Wildman–Crippen LogP) is 3.31. The highest BCUT2D eigenvalue weighted by molar-refractivity contribution is 5.95. The molecule has 0 radical (unpaired) electrons. The highest BCUT2D eigenvalue weighted by Gasteiger charge is 2.22. The Morgan fingerprint density at radius 2 is 2.00 bits per heavy atom. The second kappa shape index (κ2) is 10.1. The number of nitrogens with zero attached hydrogens (tertiary/aromatic N) is 3. The van der Waals surface area contributed by atoms with E-state index in [-0.39, 0.29) is 11.6 Å². The summed E-state index contributed by atoms with van der Waals surface area (Å²) in [5.41, 5.74) is 2.96. The minimum Gasteiger partial charge on any atom is -0.378 e. The number of hydrogen-bond donors (Lipinski definition) is 1. The molecule has 1 amide bonds. The highest BCUT2D eigenvalue weighted by atomic mass is 16.6.